The highest BCUT2D eigenvalue weighted by molar-refractivity contribution is 6.33. The summed E-state index contributed by atoms with van der Waals surface area (Å²) in [4.78, 5) is 38.9. The van der Waals surface area contributed by atoms with Crippen LogP contribution in [0.3, 0.4) is 0 Å². The van der Waals surface area contributed by atoms with Crippen molar-refractivity contribution >= 4 is 35.4 Å². The second kappa shape index (κ2) is 11.5. The number of nitrogens with one attached hydrogen (secondary N) is 1. The number of hydrogen-bond donors (Lipinski definition) is 2. The number of ether oxygens (including phenoxy) is 2. The van der Waals surface area contributed by atoms with E-state index in [4.69, 9.17) is 21.1 Å². The zero-order valence-electron chi connectivity index (χ0n) is 22.5. The number of benzene rings is 2. The summed E-state index contributed by atoms with van der Waals surface area (Å²) >= 11 is 6.57. The van der Waals surface area contributed by atoms with Gasteiger partial charge in [-0.2, -0.15) is 5.10 Å². The van der Waals surface area contributed by atoms with Crippen molar-refractivity contribution in [3.05, 3.63) is 58.9 Å². The van der Waals surface area contributed by atoms with Gasteiger partial charge in [-0.05, 0) is 70.0 Å². The number of likely N-dealkylation sites (tertiary alicyclic amines) is 1. The Balaban J connectivity index is 1.71. The van der Waals surface area contributed by atoms with Crippen molar-refractivity contribution in [3.63, 3.8) is 0 Å². The SMILES string of the molecule is CC(=O)Nc1c(C(=O)O)c(-c2ccc(Oc3ccc(F)cc3)cc2Cl)nn1C1CCCN(C(=O)OC(C)(C)C)C1. The third-order valence-corrected chi connectivity index (χ3v) is 6.37. The highest BCUT2D eigenvalue weighted by Gasteiger charge is 2.34. The number of carbonyl (C=O) groups is 3. The number of amides is 2. The smallest absolute Gasteiger partial charge is 0.410 e. The second-order valence-corrected chi connectivity index (χ2v) is 10.8. The first-order chi connectivity index (χ1) is 18.8. The molecule has 4 rings (SSSR count). The summed E-state index contributed by atoms with van der Waals surface area (Å²) in [5.74, 6) is -1.47. The molecule has 0 saturated carbocycles. The van der Waals surface area contributed by atoms with Crippen molar-refractivity contribution in [3.8, 4) is 22.8 Å². The van der Waals surface area contributed by atoms with Crippen LogP contribution in [0.2, 0.25) is 5.02 Å². The van der Waals surface area contributed by atoms with E-state index in [1.54, 1.807) is 37.8 Å². The fraction of sp³-hybridized carbons (Fsp3) is 0.357. The van der Waals surface area contributed by atoms with Crippen LogP contribution in [0, 0.1) is 5.82 Å². The first-order valence-corrected chi connectivity index (χ1v) is 13.0. The first kappa shape index (κ1) is 28.9. The van der Waals surface area contributed by atoms with Crippen molar-refractivity contribution in [1.82, 2.24) is 14.7 Å². The summed E-state index contributed by atoms with van der Waals surface area (Å²) in [7, 11) is 0. The van der Waals surface area contributed by atoms with Gasteiger partial charge in [0.25, 0.3) is 0 Å². The lowest BCUT2D eigenvalue weighted by Gasteiger charge is -2.34. The monoisotopic (exact) mass is 572 g/mol. The maximum absolute atomic E-state index is 13.2. The van der Waals surface area contributed by atoms with Gasteiger partial charge in [-0.1, -0.05) is 11.6 Å². The molecular weight excluding hydrogens is 543 g/mol. The summed E-state index contributed by atoms with van der Waals surface area (Å²) in [6.07, 6.45) is 0.727. The average Bonchev–Trinajstić information content (AvgIpc) is 3.23. The van der Waals surface area contributed by atoms with Crippen LogP contribution < -0.4 is 10.1 Å². The molecule has 0 bridgehead atoms. The molecule has 0 spiro atoms. The molecule has 2 aromatic carbocycles. The summed E-state index contributed by atoms with van der Waals surface area (Å²) in [5.41, 5.74) is -0.567. The number of piperidine rings is 1. The summed E-state index contributed by atoms with van der Waals surface area (Å²) in [5, 5.41) is 17.5. The number of carbonyl (C=O) groups excluding carboxylic acids is 2. The number of carboxylic acids is 1. The molecule has 1 saturated heterocycles. The molecule has 3 aromatic rings. The van der Waals surface area contributed by atoms with Gasteiger partial charge < -0.3 is 24.8 Å². The number of hydrogen-bond acceptors (Lipinski definition) is 6. The summed E-state index contributed by atoms with van der Waals surface area (Å²) < 4.78 is 25.9. The molecule has 212 valence electrons. The molecule has 1 aliphatic rings. The molecular formula is C28H30ClFN4O6. The fourth-order valence-corrected chi connectivity index (χ4v) is 4.67. The molecule has 0 aliphatic carbocycles. The Morgan fingerprint density at radius 1 is 1.12 bits per heavy atom. The number of rotatable bonds is 6. The van der Waals surface area contributed by atoms with Crippen molar-refractivity contribution < 1.29 is 33.4 Å². The van der Waals surface area contributed by atoms with Crippen LogP contribution >= 0.6 is 11.6 Å². The number of anilines is 1. The molecule has 12 heteroatoms. The molecule has 1 aromatic heterocycles. The minimum absolute atomic E-state index is 0.00579. The number of halogens is 2. The Morgan fingerprint density at radius 2 is 1.80 bits per heavy atom. The van der Waals surface area contributed by atoms with Gasteiger partial charge in [-0.3, -0.25) is 4.79 Å². The third-order valence-electron chi connectivity index (χ3n) is 6.06. The lowest BCUT2D eigenvalue weighted by Crippen LogP contribution is -2.43. The summed E-state index contributed by atoms with van der Waals surface area (Å²) in [6, 6.07) is 9.65. The largest absolute Gasteiger partial charge is 0.477 e. The molecule has 1 atom stereocenters. The van der Waals surface area contributed by atoms with Crippen molar-refractivity contribution in [2.24, 2.45) is 0 Å². The topological polar surface area (TPSA) is 123 Å². The third kappa shape index (κ3) is 6.71. The molecule has 2 heterocycles. The zero-order chi connectivity index (χ0) is 29.2. The van der Waals surface area contributed by atoms with E-state index in [0.717, 1.165) is 0 Å². The van der Waals surface area contributed by atoms with Crippen LogP contribution in [0.15, 0.2) is 42.5 Å². The Bertz CT molecular complexity index is 1430. The quantitative estimate of drug-likeness (QED) is 0.352. The average molecular weight is 573 g/mol. The van der Waals surface area contributed by atoms with Gasteiger partial charge in [0, 0.05) is 31.6 Å². The van der Waals surface area contributed by atoms with Gasteiger partial charge in [0.15, 0.2) is 0 Å². The molecule has 10 nitrogen and oxygen atoms in total. The standard InChI is InChI=1S/C28H30ClFN4O6/c1-16(35)31-25-23(26(36)37)24(21-12-11-20(14-22(21)29)39-19-9-7-17(30)8-10-19)32-34(25)18-6-5-13-33(15-18)27(38)40-28(2,3)4/h7-12,14,18H,5-6,13,15H2,1-4H3,(H,31,35)(H,36,37). The maximum Gasteiger partial charge on any atom is 0.410 e. The predicted octanol–water partition coefficient (Wildman–Crippen LogP) is 6.36. The Kier molecular flexibility index (Phi) is 8.34. The highest BCUT2D eigenvalue weighted by Crippen LogP contribution is 2.39. The van der Waals surface area contributed by atoms with Gasteiger partial charge in [0.1, 0.15) is 40.0 Å². The van der Waals surface area contributed by atoms with E-state index in [9.17, 15) is 23.9 Å². The van der Waals surface area contributed by atoms with Crippen molar-refractivity contribution in [2.75, 3.05) is 18.4 Å². The number of aromatic nitrogens is 2. The molecule has 1 unspecified atom stereocenters. The van der Waals surface area contributed by atoms with Crippen LogP contribution in [0.25, 0.3) is 11.3 Å². The maximum atomic E-state index is 13.2. The van der Waals surface area contributed by atoms with Gasteiger partial charge in [-0.15, -0.1) is 0 Å². The summed E-state index contributed by atoms with van der Waals surface area (Å²) in [6.45, 7) is 7.28. The van der Waals surface area contributed by atoms with Crippen LogP contribution in [0.4, 0.5) is 15.0 Å². The van der Waals surface area contributed by atoms with Crippen LogP contribution in [0.1, 0.15) is 56.9 Å². The Labute approximate surface area is 235 Å². The van der Waals surface area contributed by atoms with E-state index >= 15 is 0 Å². The lowest BCUT2D eigenvalue weighted by atomic mass is 10.1. The van der Waals surface area contributed by atoms with E-state index < -0.39 is 35.4 Å². The van der Waals surface area contributed by atoms with Crippen LogP contribution in [-0.4, -0.2) is 56.4 Å². The molecule has 0 radical (unpaired) electrons. The fourth-order valence-electron chi connectivity index (χ4n) is 4.41. The van der Waals surface area contributed by atoms with Gasteiger partial charge in [0.2, 0.25) is 5.91 Å². The predicted molar refractivity (Wildman–Crippen MR) is 146 cm³/mol. The van der Waals surface area contributed by atoms with E-state index in [1.165, 1.54) is 41.9 Å². The van der Waals surface area contributed by atoms with Crippen LogP contribution in [-0.2, 0) is 9.53 Å². The normalized spacial score (nSPS) is 15.4. The van der Waals surface area contributed by atoms with Crippen molar-refractivity contribution in [1.29, 1.82) is 0 Å². The van der Waals surface area contributed by atoms with Crippen molar-refractivity contribution in [2.45, 2.75) is 52.2 Å². The number of carboxylic acid groups (broad SMARTS) is 1. The van der Waals surface area contributed by atoms with Crippen LogP contribution in [0.5, 0.6) is 11.5 Å². The lowest BCUT2D eigenvalue weighted by molar-refractivity contribution is -0.114. The van der Waals surface area contributed by atoms with Gasteiger partial charge in [-0.25, -0.2) is 18.7 Å². The number of nitrogens with zero attached hydrogens (tertiary/aromatic N) is 3. The molecule has 1 aliphatic heterocycles. The zero-order valence-corrected chi connectivity index (χ0v) is 23.3. The minimum Gasteiger partial charge on any atom is -0.477 e. The van der Waals surface area contributed by atoms with Gasteiger partial charge in [0.05, 0.1) is 11.1 Å². The number of aromatic carboxylic acids is 1. The molecule has 40 heavy (non-hydrogen) atoms. The second-order valence-electron chi connectivity index (χ2n) is 10.4. The van der Waals surface area contributed by atoms with Gasteiger partial charge >= 0.3 is 12.1 Å². The van der Waals surface area contributed by atoms with E-state index in [2.05, 4.69) is 10.4 Å². The first-order valence-electron chi connectivity index (χ1n) is 12.7. The minimum atomic E-state index is -1.31. The Hall–Kier alpha value is -4.12. The highest BCUT2D eigenvalue weighted by atomic mass is 35.5. The molecule has 1 fully saturated rings. The van der Waals surface area contributed by atoms with E-state index in [0.29, 0.717) is 36.4 Å². The molecule has 2 N–H and O–H groups in total. The molecule has 2 amide bonds. The van der Waals surface area contributed by atoms with E-state index in [1.807, 2.05) is 0 Å². The Morgan fingerprint density at radius 3 is 2.40 bits per heavy atom. The van der Waals surface area contributed by atoms with E-state index in [-0.39, 0.29) is 28.6 Å².